The number of benzene rings is 1. The largest absolute Gasteiger partial charge is 0.491 e. The quantitative estimate of drug-likeness (QED) is 0.859. The minimum atomic E-state index is 0.0121. The van der Waals surface area contributed by atoms with Gasteiger partial charge in [-0.1, -0.05) is 0 Å². The molecule has 3 nitrogen and oxygen atoms in total. The van der Waals surface area contributed by atoms with Gasteiger partial charge in [0.2, 0.25) is 0 Å². The molecule has 1 N–H and O–H groups in total. The molecule has 0 unspecified atom stereocenters. The highest BCUT2D eigenvalue weighted by atomic mass is 16.5. The van der Waals surface area contributed by atoms with Crippen molar-refractivity contribution in [3.63, 3.8) is 0 Å². The van der Waals surface area contributed by atoms with Crippen LogP contribution < -0.4 is 4.74 Å². The Morgan fingerprint density at radius 3 is 2.81 bits per heavy atom. The zero-order valence-corrected chi connectivity index (χ0v) is 9.47. The molecule has 0 bridgehead atoms. The molecule has 0 radical (unpaired) electrons. The summed E-state index contributed by atoms with van der Waals surface area (Å²) >= 11 is 0. The van der Waals surface area contributed by atoms with Crippen LogP contribution in [0.4, 0.5) is 0 Å². The predicted octanol–water partition coefficient (Wildman–Crippen LogP) is 2.51. The maximum atomic E-state index is 9.04. The van der Waals surface area contributed by atoms with Gasteiger partial charge < -0.3 is 9.84 Å². The van der Waals surface area contributed by atoms with E-state index in [0.29, 0.717) is 0 Å². The van der Waals surface area contributed by atoms with Gasteiger partial charge in [0.15, 0.2) is 0 Å². The summed E-state index contributed by atoms with van der Waals surface area (Å²) in [5.41, 5.74) is 1.72. The Balaban J connectivity index is 2.42. The van der Waals surface area contributed by atoms with Gasteiger partial charge in [-0.25, -0.2) is 0 Å². The fourth-order valence-corrected chi connectivity index (χ4v) is 1.59. The Hall–Kier alpha value is -1.61. The van der Waals surface area contributed by atoms with Crippen molar-refractivity contribution in [2.75, 3.05) is 0 Å². The van der Waals surface area contributed by atoms with E-state index in [1.165, 1.54) is 0 Å². The van der Waals surface area contributed by atoms with E-state index in [0.717, 1.165) is 22.2 Å². The predicted molar refractivity (Wildman–Crippen MR) is 63.4 cm³/mol. The lowest BCUT2D eigenvalue weighted by atomic mass is 10.1. The van der Waals surface area contributed by atoms with Crippen LogP contribution in [-0.2, 0) is 6.61 Å². The monoisotopic (exact) mass is 217 g/mol. The molecule has 0 atom stereocenters. The summed E-state index contributed by atoms with van der Waals surface area (Å²) in [5, 5.41) is 10.0. The summed E-state index contributed by atoms with van der Waals surface area (Å²) in [6.07, 6.45) is 1.84. The first kappa shape index (κ1) is 10.9. The average Bonchev–Trinajstić information content (AvgIpc) is 2.27. The second kappa shape index (κ2) is 4.49. The second-order valence-electron chi connectivity index (χ2n) is 4.02. The maximum Gasteiger partial charge on any atom is 0.120 e. The Bertz CT molecular complexity index is 494. The van der Waals surface area contributed by atoms with Gasteiger partial charge >= 0.3 is 0 Å². The zero-order valence-electron chi connectivity index (χ0n) is 9.47. The van der Waals surface area contributed by atoms with E-state index in [1.807, 2.05) is 38.1 Å². The first-order chi connectivity index (χ1) is 7.69. The minimum Gasteiger partial charge on any atom is -0.491 e. The number of ether oxygens (including phenoxy) is 1. The third kappa shape index (κ3) is 2.31. The van der Waals surface area contributed by atoms with E-state index < -0.39 is 0 Å². The van der Waals surface area contributed by atoms with Crippen molar-refractivity contribution in [1.82, 2.24) is 4.98 Å². The molecule has 84 valence electrons. The SMILES string of the molecule is CC(C)Oc1ccc2ncc(CO)cc2c1. The third-order valence-corrected chi connectivity index (χ3v) is 2.26. The third-order valence-electron chi connectivity index (χ3n) is 2.26. The van der Waals surface area contributed by atoms with Gasteiger partial charge in [-0.3, -0.25) is 4.98 Å². The number of aromatic nitrogens is 1. The van der Waals surface area contributed by atoms with Gasteiger partial charge in [0, 0.05) is 11.6 Å². The number of hydrogen-bond acceptors (Lipinski definition) is 3. The Labute approximate surface area is 94.7 Å². The summed E-state index contributed by atoms with van der Waals surface area (Å²) in [6.45, 7) is 4.00. The van der Waals surface area contributed by atoms with Crippen LogP contribution in [0.5, 0.6) is 5.75 Å². The van der Waals surface area contributed by atoms with E-state index >= 15 is 0 Å². The zero-order chi connectivity index (χ0) is 11.5. The minimum absolute atomic E-state index is 0.0121. The molecule has 1 aromatic carbocycles. The van der Waals surface area contributed by atoms with Crippen molar-refractivity contribution in [3.8, 4) is 5.75 Å². The molecule has 0 saturated heterocycles. The standard InChI is InChI=1S/C13H15NO2/c1-9(2)16-12-3-4-13-11(6-12)5-10(8-15)7-14-13/h3-7,9,15H,8H2,1-2H3. The van der Waals surface area contributed by atoms with Gasteiger partial charge in [-0.15, -0.1) is 0 Å². The Morgan fingerprint density at radius 1 is 1.31 bits per heavy atom. The number of aliphatic hydroxyl groups excluding tert-OH is 1. The van der Waals surface area contributed by atoms with Crippen molar-refractivity contribution in [2.24, 2.45) is 0 Å². The first-order valence-electron chi connectivity index (χ1n) is 5.35. The topological polar surface area (TPSA) is 42.4 Å². The number of nitrogens with zero attached hydrogens (tertiary/aromatic N) is 1. The van der Waals surface area contributed by atoms with Crippen molar-refractivity contribution < 1.29 is 9.84 Å². The Kier molecular flexibility index (Phi) is 3.06. The summed E-state index contributed by atoms with van der Waals surface area (Å²) in [7, 11) is 0. The molecule has 16 heavy (non-hydrogen) atoms. The molecule has 0 aliphatic heterocycles. The average molecular weight is 217 g/mol. The summed E-state index contributed by atoms with van der Waals surface area (Å²) in [5.74, 6) is 0.833. The fraction of sp³-hybridized carbons (Fsp3) is 0.308. The van der Waals surface area contributed by atoms with Gasteiger partial charge in [0.05, 0.1) is 18.2 Å². The summed E-state index contributed by atoms with van der Waals surface area (Å²) in [4.78, 5) is 4.26. The number of pyridine rings is 1. The Morgan fingerprint density at radius 2 is 2.12 bits per heavy atom. The normalized spacial score (nSPS) is 11.0. The lowest BCUT2D eigenvalue weighted by Crippen LogP contribution is -2.05. The van der Waals surface area contributed by atoms with Gasteiger partial charge in [0.1, 0.15) is 5.75 Å². The maximum absolute atomic E-state index is 9.04. The fourth-order valence-electron chi connectivity index (χ4n) is 1.59. The molecule has 0 fully saturated rings. The molecular formula is C13H15NO2. The molecule has 0 aliphatic carbocycles. The molecule has 1 heterocycles. The second-order valence-corrected chi connectivity index (χ2v) is 4.02. The van der Waals surface area contributed by atoms with E-state index in [9.17, 15) is 0 Å². The molecular weight excluding hydrogens is 202 g/mol. The van der Waals surface area contributed by atoms with Crippen LogP contribution in [0, 0.1) is 0 Å². The first-order valence-corrected chi connectivity index (χ1v) is 5.35. The van der Waals surface area contributed by atoms with Crippen molar-refractivity contribution in [2.45, 2.75) is 26.6 Å². The molecule has 2 rings (SSSR count). The van der Waals surface area contributed by atoms with E-state index in [1.54, 1.807) is 6.20 Å². The molecule has 0 amide bonds. The van der Waals surface area contributed by atoms with Crippen LogP contribution in [-0.4, -0.2) is 16.2 Å². The van der Waals surface area contributed by atoms with E-state index in [-0.39, 0.29) is 12.7 Å². The van der Waals surface area contributed by atoms with Crippen molar-refractivity contribution in [1.29, 1.82) is 0 Å². The van der Waals surface area contributed by atoms with Gasteiger partial charge in [-0.05, 0) is 43.7 Å². The summed E-state index contributed by atoms with van der Waals surface area (Å²) < 4.78 is 5.61. The number of fused-ring (bicyclic) bond motifs is 1. The molecule has 0 saturated carbocycles. The van der Waals surface area contributed by atoms with Crippen LogP contribution >= 0.6 is 0 Å². The van der Waals surface area contributed by atoms with Crippen molar-refractivity contribution in [3.05, 3.63) is 36.0 Å². The highest BCUT2D eigenvalue weighted by Gasteiger charge is 2.01. The lowest BCUT2D eigenvalue weighted by Gasteiger charge is -2.10. The smallest absolute Gasteiger partial charge is 0.120 e. The number of aliphatic hydroxyl groups is 1. The van der Waals surface area contributed by atoms with Gasteiger partial charge in [0.25, 0.3) is 0 Å². The highest BCUT2D eigenvalue weighted by molar-refractivity contribution is 5.80. The van der Waals surface area contributed by atoms with Crippen LogP contribution in [0.3, 0.4) is 0 Å². The van der Waals surface area contributed by atoms with E-state index in [4.69, 9.17) is 9.84 Å². The molecule has 1 aromatic heterocycles. The lowest BCUT2D eigenvalue weighted by molar-refractivity contribution is 0.242. The van der Waals surface area contributed by atoms with Crippen LogP contribution in [0.15, 0.2) is 30.5 Å². The van der Waals surface area contributed by atoms with Crippen LogP contribution in [0.2, 0.25) is 0 Å². The highest BCUT2D eigenvalue weighted by Crippen LogP contribution is 2.21. The molecule has 0 spiro atoms. The number of rotatable bonds is 3. The molecule has 3 heteroatoms. The number of hydrogen-bond donors (Lipinski definition) is 1. The van der Waals surface area contributed by atoms with Gasteiger partial charge in [-0.2, -0.15) is 0 Å². The van der Waals surface area contributed by atoms with Crippen molar-refractivity contribution >= 4 is 10.9 Å². The molecule has 2 aromatic rings. The van der Waals surface area contributed by atoms with Crippen LogP contribution in [0.1, 0.15) is 19.4 Å². The molecule has 0 aliphatic rings. The van der Waals surface area contributed by atoms with E-state index in [2.05, 4.69) is 4.98 Å². The summed E-state index contributed by atoms with van der Waals surface area (Å²) in [6, 6.07) is 7.71. The van der Waals surface area contributed by atoms with Crippen LogP contribution in [0.25, 0.3) is 10.9 Å².